The van der Waals surface area contributed by atoms with E-state index in [1.165, 1.54) is 51.6 Å². The Labute approximate surface area is 95.7 Å². The first kappa shape index (κ1) is 14.9. The van der Waals surface area contributed by atoms with Crippen LogP contribution in [-0.4, -0.2) is 36.2 Å². The van der Waals surface area contributed by atoms with Gasteiger partial charge in [-0.05, 0) is 32.4 Å². The van der Waals surface area contributed by atoms with Crippen LogP contribution < -0.4 is 0 Å². The van der Waals surface area contributed by atoms with Gasteiger partial charge in [-0.1, -0.05) is 39.5 Å². The van der Waals surface area contributed by atoms with Crippen molar-refractivity contribution in [2.24, 2.45) is 0 Å². The van der Waals surface area contributed by atoms with E-state index in [2.05, 4.69) is 18.7 Å². The molecule has 0 amide bonds. The zero-order valence-electron chi connectivity index (χ0n) is 10.7. The van der Waals surface area contributed by atoms with Gasteiger partial charge in [-0.25, -0.2) is 0 Å². The normalized spacial score (nSPS) is 11.2. The topological polar surface area (TPSA) is 23.5 Å². The van der Waals surface area contributed by atoms with Gasteiger partial charge in [-0.15, -0.1) is 0 Å². The van der Waals surface area contributed by atoms with Gasteiger partial charge in [0, 0.05) is 13.2 Å². The zero-order chi connectivity index (χ0) is 11.4. The molecule has 0 aromatic heterocycles. The largest absolute Gasteiger partial charge is 0.396 e. The minimum absolute atomic E-state index is 0.331. The molecule has 2 nitrogen and oxygen atoms in total. The van der Waals surface area contributed by atoms with Crippen molar-refractivity contribution < 1.29 is 5.11 Å². The lowest BCUT2D eigenvalue weighted by Gasteiger charge is -2.21. The van der Waals surface area contributed by atoms with E-state index in [9.17, 15) is 0 Å². The van der Waals surface area contributed by atoms with Gasteiger partial charge in [0.2, 0.25) is 0 Å². The van der Waals surface area contributed by atoms with Crippen molar-refractivity contribution in [1.82, 2.24) is 4.90 Å². The molecule has 2 heteroatoms. The van der Waals surface area contributed by atoms with Crippen LogP contribution in [0, 0.1) is 0 Å². The molecule has 0 fully saturated rings. The smallest absolute Gasteiger partial charge is 0.0443 e. The van der Waals surface area contributed by atoms with Crippen molar-refractivity contribution in [3.05, 3.63) is 0 Å². The summed E-state index contributed by atoms with van der Waals surface area (Å²) in [7, 11) is 0. The first-order valence-electron chi connectivity index (χ1n) is 6.68. The molecule has 0 heterocycles. The van der Waals surface area contributed by atoms with Crippen molar-refractivity contribution in [3.63, 3.8) is 0 Å². The van der Waals surface area contributed by atoms with Gasteiger partial charge in [-0.3, -0.25) is 0 Å². The van der Waals surface area contributed by atoms with Crippen LogP contribution in [0.2, 0.25) is 0 Å². The monoisotopic (exact) mass is 215 g/mol. The summed E-state index contributed by atoms with van der Waals surface area (Å²) in [5.74, 6) is 0. The van der Waals surface area contributed by atoms with E-state index in [1.807, 2.05) is 0 Å². The summed E-state index contributed by atoms with van der Waals surface area (Å²) < 4.78 is 0. The van der Waals surface area contributed by atoms with E-state index in [0.717, 1.165) is 13.0 Å². The van der Waals surface area contributed by atoms with E-state index in [-0.39, 0.29) is 0 Å². The molecule has 0 aliphatic rings. The molecule has 0 radical (unpaired) electrons. The van der Waals surface area contributed by atoms with E-state index in [4.69, 9.17) is 5.11 Å². The van der Waals surface area contributed by atoms with Gasteiger partial charge in [0.05, 0.1) is 0 Å². The first-order chi connectivity index (χ1) is 7.35. The lowest BCUT2D eigenvalue weighted by Crippen LogP contribution is -2.27. The van der Waals surface area contributed by atoms with Crippen LogP contribution in [-0.2, 0) is 0 Å². The molecule has 0 rings (SSSR count). The summed E-state index contributed by atoms with van der Waals surface area (Å²) in [6.45, 7) is 8.33. The summed E-state index contributed by atoms with van der Waals surface area (Å²) in [6.07, 6.45) is 8.82. The zero-order valence-corrected chi connectivity index (χ0v) is 10.7. The predicted molar refractivity (Wildman–Crippen MR) is 67.2 cm³/mol. The van der Waals surface area contributed by atoms with Gasteiger partial charge in [0.15, 0.2) is 0 Å². The van der Waals surface area contributed by atoms with Crippen molar-refractivity contribution in [3.8, 4) is 0 Å². The van der Waals surface area contributed by atoms with Crippen LogP contribution in [0.1, 0.15) is 58.8 Å². The molecule has 0 aliphatic heterocycles. The second-order valence-corrected chi connectivity index (χ2v) is 4.33. The minimum Gasteiger partial charge on any atom is -0.396 e. The van der Waals surface area contributed by atoms with Crippen LogP contribution in [0.3, 0.4) is 0 Å². The van der Waals surface area contributed by atoms with Crippen molar-refractivity contribution in [2.45, 2.75) is 58.8 Å². The van der Waals surface area contributed by atoms with Crippen molar-refractivity contribution in [1.29, 1.82) is 0 Å². The fraction of sp³-hybridized carbons (Fsp3) is 1.00. The fourth-order valence-corrected chi connectivity index (χ4v) is 1.80. The third-order valence-electron chi connectivity index (χ3n) is 2.79. The van der Waals surface area contributed by atoms with Gasteiger partial charge in [-0.2, -0.15) is 0 Å². The van der Waals surface area contributed by atoms with Crippen LogP contribution in [0.5, 0.6) is 0 Å². The second kappa shape index (κ2) is 12.0. The Kier molecular flexibility index (Phi) is 11.9. The maximum atomic E-state index is 8.83. The molecule has 0 aliphatic carbocycles. The van der Waals surface area contributed by atoms with Crippen LogP contribution >= 0.6 is 0 Å². The highest BCUT2D eigenvalue weighted by Crippen LogP contribution is 2.03. The number of aliphatic hydroxyl groups excluding tert-OH is 1. The highest BCUT2D eigenvalue weighted by atomic mass is 16.3. The van der Waals surface area contributed by atoms with E-state index >= 15 is 0 Å². The molecule has 0 atom stereocenters. The van der Waals surface area contributed by atoms with E-state index in [1.54, 1.807) is 0 Å². The number of unbranched alkanes of at least 4 members (excludes halogenated alkanes) is 4. The van der Waals surface area contributed by atoms with Gasteiger partial charge >= 0.3 is 0 Å². The highest BCUT2D eigenvalue weighted by Gasteiger charge is 2.03. The molecule has 0 aromatic carbocycles. The van der Waals surface area contributed by atoms with Gasteiger partial charge in [0.1, 0.15) is 0 Å². The molecule has 15 heavy (non-hydrogen) atoms. The molecule has 1 N–H and O–H groups in total. The Morgan fingerprint density at radius 2 is 1.20 bits per heavy atom. The van der Waals surface area contributed by atoms with Crippen molar-refractivity contribution >= 4 is 0 Å². The van der Waals surface area contributed by atoms with Crippen LogP contribution in [0.25, 0.3) is 0 Å². The third kappa shape index (κ3) is 10.2. The summed E-state index contributed by atoms with van der Waals surface area (Å²) in [6, 6.07) is 0. The number of hydrogen-bond donors (Lipinski definition) is 1. The Balaban J connectivity index is 3.53. The van der Waals surface area contributed by atoms with Crippen molar-refractivity contribution in [2.75, 3.05) is 26.2 Å². The standard InChI is InChI=1S/C13H29NO/c1-3-5-7-10-14(12-9-13-15)11-8-6-4-2/h15H,3-13H2,1-2H3. The number of nitrogens with zero attached hydrogens (tertiary/aromatic N) is 1. The Bertz CT molecular complexity index is 107. The maximum Gasteiger partial charge on any atom is 0.0443 e. The van der Waals surface area contributed by atoms with Crippen LogP contribution in [0.15, 0.2) is 0 Å². The quantitative estimate of drug-likeness (QED) is 0.535. The second-order valence-electron chi connectivity index (χ2n) is 4.33. The molecular formula is C13H29NO. The van der Waals surface area contributed by atoms with Gasteiger partial charge < -0.3 is 10.0 Å². The SMILES string of the molecule is CCCCCN(CCCO)CCCCC. The first-order valence-corrected chi connectivity index (χ1v) is 6.68. The fourth-order valence-electron chi connectivity index (χ4n) is 1.80. The maximum absolute atomic E-state index is 8.83. The molecule has 92 valence electrons. The van der Waals surface area contributed by atoms with E-state index in [0.29, 0.717) is 6.61 Å². The van der Waals surface area contributed by atoms with Crippen LogP contribution in [0.4, 0.5) is 0 Å². The molecule has 0 unspecified atom stereocenters. The lowest BCUT2D eigenvalue weighted by molar-refractivity contribution is 0.218. The average molecular weight is 215 g/mol. The average Bonchev–Trinajstić information content (AvgIpc) is 2.25. The summed E-state index contributed by atoms with van der Waals surface area (Å²) >= 11 is 0. The molecule has 0 saturated heterocycles. The third-order valence-corrected chi connectivity index (χ3v) is 2.79. The molecule has 0 saturated carbocycles. The molecule has 0 bridgehead atoms. The molecule has 0 spiro atoms. The highest BCUT2D eigenvalue weighted by molar-refractivity contribution is 4.58. The van der Waals surface area contributed by atoms with E-state index < -0.39 is 0 Å². The predicted octanol–water partition coefficient (Wildman–Crippen LogP) is 3.05. The lowest BCUT2D eigenvalue weighted by atomic mass is 10.2. The van der Waals surface area contributed by atoms with Gasteiger partial charge in [0.25, 0.3) is 0 Å². The minimum atomic E-state index is 0.331. The Morgan fingerprint density at radius 3 is 1.60 bits per heavy atom. The molecular weight excluding hydrogens is 186 g/mol. The number of aliphatic hydroxyl groups is 1. The number of hydrogen-bond acceptors (Lipinski definition) is 2. The molecule has 0 aromatic rings. The summed E-state index contributed by atoms with van der Waals surface area (Å²) in [5, 5.41) is 8.83. The summed E-state index contributed by atoms with van der Waals surface area (Å²) in [5.41, 5.74) is 0. The Morgan fingerprint density at radius 1 is 0.733 bits per heavy atom. The number of rotatable bonds is 11. The Hall–Kier alpha value is -0.0800. The summed E-state index contributed by atoms with van der Waals surface area (Å²) in [4.78, 5) is 2.52.